The fourth-order valence-electron chi connectivity index (χ4n) is 1.92. The number of hydrogen-bond acceptors (Lipinski definition) is 5. The SMILES string of the molecule is CC(C)c1noc(=O)n1CCOc1ccccc1C(=O)O. The molecular formula is C14H16N2O5. The maximum Gasteiger partial charge on any atom is 0.441 e. The Kier molecular flexibility index (Phi) is 4.42. The molecule has 2 rings (SSSR count). The molecule has 112 valence electrons. The van der Waals surface area contributed by atoms with Crippen molar-refractivity contribution in [3.05, 3.63) is 46.2 Å². The van der Waals surface area contributed by atoms with E-state index in [0.29, 0.717) is 5.82 Å². The van der Waals surface area contributed by atoms with Crippen LogP contribution in [0.4, 0.5) is 0 Å². The molecule has 0 aliphatic carbocycles. The predicted molar refractivity (Wildman–Crippen MR) is 73.7 cm³/mol. The summed E-state index contributed by atoms with van der Waals surface area (Å²) >= 11 is 0. The van der Waals surface area contributed by atoms with Gasteiger partial charge in [-0.15, -0.1) is 0 Å². The molecule has 2 aromatic rings. The van der Waals surface area contributed by atoms with E-state index in [9.17, 15) is 9.59 Å². The monoisotopic (exact) mass is 292 g/mol. The summed E-state index contributed by atoms with van der Waals surface area (Å²) in [5.74, 6) is -0.761. The molecule has 0 amide bonds. The van der Waals surface area contributed by atoms with Crippen LogP contribution in [0, 0.1) is 0 Å². The van der Waals surface area contributed by atoms with Crippen LogP contribution >= 0.6 is 0 Å². The van der Waals surface area contributed by atoms with Gasteiger partial charge in [0.1, 0.15) is 17.9 Å². The second-order valence-corrected chi connectivity index (χ2v) is 4.76. The summed E-state index contributed by atoms with van der Waals surface area (Å²) in [4.78, 5) is 22.6. The highest BCUT2D eigenvalue weighted by Gasteiger charge is 2.14. The highest BCUT2D eigenvalue weighted by molar-refractivity contribution is 5.90. The van der Waals surface area contributed by atoms with Gasteiger partial charge in [-0.2, -0.15) is 0 Å². The summed E-state index contributed by atoms with van der Waals surface area (Å²) in [5, 5.41) is 12.8. The molecule has 0 radical (unpaired) electrons. The van der Waals surface area contributed by atoms with Gasteiger partial charge < -0.3 is 9.84 Å². The predicted octanol–water partition coefficient (Wildman–Crippen LogP) is 1.74. The summed E-state index contributed by atoms with van der Waals surface area (Å²) in [6, 6.07) is 6.34. The van der Waals surface area contributed by atoms with Crippen LogP contribution in [-0.4, -0.2) is 27.4 Å². The van der Waals surface area contributed by atoms with Gasteiger partial charge in [0.15, 0.2) is 5.82 Å². The second kappa shape index (κ2) is 6.25. The largest absolute Gasteiger partial charge is 0.491 e. The third kappa shape index (κ3) is 3.31. The number of nitrogens with zero attached hydrogens (tertiary/aromatic N) is 2. The van der Waals surface area contributed by atoms with Gasteiger partial charge in [0, 0.05) is 5.92 Å². The van der Waals surface area contributed by atoms with Gasteiger partial charge in [-0.1, -0.05) is 31.1 Å². The molecule has 0 aliphatic heterocycles. The third-order valence-electron chi connectivity index (χ3n) is 2.92. The lowest BCUT2D eigenvalue weighted by Gasteiger charge is -2.10. The molecule has 1 heterocycles. The summed E-state index contributed by atoms with van der Waals surface area (Å²) in [6.07, 6.45) is 0. The summed E-state index contributed by atoms with van der Waals surface area (Å²) in [6.45, 7) is 4.18. The minimum Gasteiger partial charge on any atom is -0.491 e. The van der Waals surface area contributed by atoms with Crippen molar-refractivity contribution in [3.8, 4) is 5.75 Å². The fourth-order valence-corrected chi connectivity index (χ4v) is 1.92. The van der Waals surface area contributed by atoms with E-state index in [0.717, 1.165) is 0 Å². The summed E-state index contributed by atoms with van der Waals surface area (Å²) in [7, 11) is 0. The molecule has 21 heavy (non-hydrogen) atoms. The molecule has 0 unspecified atom stereocenters. The number of carboxylic acid groups (broad SMARTS) is 1. The molecule has 7 nitrogen and oxygen atoms in total. The maximum atomic E-state index is 11.5. The Bertz CT molecular complexity index is 687. The molecule has 1 aromatic heterocycles. The van der Waals surface area contributed by atoms with Crippen LogP contribution in [-0.2, 0) is 6.54 Å². The molecule has 0 atom stereocenters. The molecule has 0 saturated heterocycles. The van der Waals surface area contributed by atoms with E-state index in [-0.39, 0.29) is 30.4 Å². The molecule has 0 saturated carbocycles. The normalized spacial score (nSPS) is 10.8. The topological polar surface area (TPSA) is 94.6 Å². The van der Waals surface area contributed by atoms with E-state index in [1.807, 2.05) is 13.8 Å². The van der Waals surface area contributed by atoms with E-state index in [1.165, 1.54) is 10.6 Å². The second-order valence-electron chi connectivity index (χ2n) is 4.76. The van der Waals surface area contributed by atoms with Gasteiger partial charge in [0.25, 0.3) is 0 Å². The van der Waals surface area contributed by atoms with Crippen LogP contribution in [0.1, 0.15) is 35.9 Å². The van der Waals surface area contributed by atoms with Crippen molar-refractivity contribution in [1.29, 1.82) is 0 Å². The van der Waals surface area contributed by atoms with Crippen molar-refractivity contribution in [3.63, 3.8) is 0 Å². The molecule has 1 N–H and O–H groups in total. The van der Waals surface area contributed by atoms with Gasteiger partial charge in [0.2, 0.25) is 0 Å². The average molecular weight is 292 g/mol. The first kappa shape index (κ1) is 14.8. The van der Waals surface area contributed by atoms with Gasteiger partial charge in [-0.25, -0.2) is 9.59 Å². The minimum absolute atomic E-state index is 0.0442. The van der Waals surface area contributed by atoms with Crippen LogP contribution in [0.2, 0.25) is 0 Å². The number of carboxylic acids is 1. The molecule has 0 bridgehead atoms. The number of aromatic carboxylic acids is 1. The quantitative estimate of drug-likeness (QED) is 0.871. The smallest absolute Gasteiger partial charge is 0.441 e. The Hall–Kier alpha value is -2.57. The zero-order valence-electron chi connectivity index (χ0n) is 11.8. The van der Waals surface area contributed by atoms with Crippen molar-refractivity contribution >= 4 is 5.97 Å². The number of benzene rings is 1. The first-order valence-electron chi connectivity index (χ1n) is 6.52. The molecule has 0 aliphatic rings. The fraction of sp³-hybridized carbons (Fsp3) is 0.357. The van der Waals surface area contributed by atoms with Crippen molar-refractivity contribution < 1.29 is 19.2 Å². The number of hydrogen-bond donors (Lipinski definition) is 1. The van der Waals surface area contributed by atoms with Gasteiger partial charge in [-0.3, -0.25) is 9.09 Å². The van der Waals surface area contributed by atoms with Crippen LogP contribution in [0.15, 0.2) is 33.6 Å². The van der Waals surface area contributed by atoms with Crippen molar-refractivity contribution in [2.45, 2.75) is 26.3 Å². The highest BCUT2D eigenvalue weighted by Crippen LogP contribution is 2.18. The first-order chi connectivity index (χ1) is 10.0. The van der Waals surface area contributed by atoms with E-state index in [4.69, 9.17) is 9.84 Å². The Morgan fingerprint density at radius 1 is 1.43 bits per heavy atom. The zero-order chi connectivity index (χ0) is 15.4. The lowest BCUT2D eigenvalue weighted by molar-refractivity contribution is 0.0692. The Morgan fingerprint density at radius 2 is 2.14 bits per heavy atom. The number of rotatable bonds is 6. The highest BCUT2D eigenvalue weighted by atomic mass is 16.5. The van der Waals surface area contributed by atoms with Gasteiger partial charge in [-0.05, 0) is 12.1 Å². The molecule has 1 aromatic carbocycles. The molecule has 7 heteroatoms. The standard InChI is InChI=1S/C14H16N2O5/c1-9(2)12-15-21-14(19)16(12)7-8-20-11-6-4-3-5-10(11)13(17)18/h3-6,9H,7-8H2,1-2H3,(H,17,18). The van der Waals surface area contributed by atoms with E-state index in [1.54, 1.807) is 18.2 Å². The van der Waals surface area contributed by atoms with Crippen LogP contribution in [0.25, 0.3) is 0 Å². The molecule has 0 fully saturated rings. The molecular weight excluding hydrogens is 276 g/mol. The summed E-state index contributed by atoms with van der Waals surface area (Å²) in [5.41, 5.74) is 0.0826. The third-order valence-corrected chi connectivity index (χ3v) is 2.92. The van der Waals surface area contributed by atoms with Gasteiger partial charge in [0.05, 0.1) is 6.54 Å². The van der Waals surface area contributed by atoms with E-state index < -0.39 is 11.7 Å². The number of carbonyl (C=O) groups is 1. The lowest BCUT2D eigenvalue weighted by Crippen LogP contribution is -2.22. The number of para-hydroxylation sites is 1. The van der Waals surface area contributed by atoms with Gasteiger partial charge >= 0.3 is 11.7 Å². The number of ether oxygens (including phenoxy) is 1. The lowest BCUT2D eigenvalue weighted by atomic mass is 10.2. The van der Waals surface area contributed by atoms with E-state index in [2.05, 4.69) is 9.68 Å². The van der Waals surface area contributed by atoms with Crippen LogP contribution in [0.5, 0.6) is 5.75 Å². The van der Waals surface area contributed by atoms with Crippen LogP contribution < -0.4 is 10.5 Å². The minimum atomic E-state index is -1.06. The number of aromatic nitrogens is 2. The van der Waals surface area contributed by atoms with Crippen molar-refractivity contribution in [2.75, 3.05) is 6.61 Å². The van der Waals surface area contributed by atoms with Crippen molar-refractivity contribution in [1.82, 2.24) is 9.72 Å². The van der Waals surface area contributed by atoms with E-state index >= 15 is 0 Å². The Balaban J connectivity index is 2.08. The Labute approximate surface area is 120 Å². The van der Waals surface area contributed by atoms with Crippen molar-refractivity contribution in [2.24, 2.45) is 0 Å². The first-order valence-corrected chi connectivity index (χ1v) is 6.52. The zero-order valence-corrected chi connectivity index (χ0v) is 11.8. The maximum absolute atomic E-state index is 11.5. The van der Waals surface area contributed by atoms with Crippen LogP contribution in [0.3, 0.4) is 0 Å². The molecule has 0 spiro atoms. The Morgan fingerprint density at radius 3 is 2.81 bits per heavy atom. The summed E-state index contributed by atoms with van der Waals surface area (Å²) < 4.78 is 11.5. The average Bonchev–Trinajstić information content (AvgIpc) is 2.81.